The monoisotopic (exact) mass is 263 g/mol. The van der Waals surface area contributed by atoms with Crippen LogP contribution in [0.2, 0.25) is 0 Å². The maximum atomic E-state index is 10.9. The molecule has 0 aromatic heterocycles. The van der Waals surface area contributed by atoms with Gasteiger partial charge in [-0.05, 0) is 31.9 Å². The molecule has 0 fully saturated rings. The number of carboxylic acids is 1. The highest BCUT2D eigenvalue weighted by Crippen LogP contribution is 2.16. The van der Waals surface area contributed by atoms with Gasteiger partial charge in [0.15, 0.2) is 0 Å². The number of hydrogen-bond donors (Lipinski definition) is 1. The molecule has 19 heavy (non-hydrogen) atoms. The lowest BCUT2D eigenvalue weighted by atomic mass is 10.00. The van der Waals surface area contributed by atoms with Crippen molar-refractivity contribution in [3.63, 3.8) is 0 Å². The van der Waals surface area contributed by atoms with E-state index in [1.54, 1.807) is 0 Å². The number of likely N-dealkylation sites (N-methyl/N-ethyl adjacent to an activating group) is 1. The van der Waals surface area contributed by atoms with E-state index in [4.69, 9.17) is 5.11 Å². The lowest BCUT2D eigenvalue weighted by Crippen LogP contribution is -2.43. The Balaban J connectivity index is 2.72. The van der Waals surface area contributed by atoms with E-state index < -0.39 is 5.97 Å². The molecular formula is C16H25NO2. The van der Waals surface area contributed by atoms with Gasteiger partial charge in [-0.1, -0.05) is 44.2 Å². The molecule has 0 aliphatic rings. The molecule has 1 rings (SSSR count). The molecular weight excluding hydrogens is 238 g/mol. The summed E-state index contributed by atoms with van der Waals surface area (Å²) >= 11 is 0. The van der Waals surface area contributed by atoms with Crippen LogP contribution < -0.4 is 0 Å². The largest absolute Gasteiger partial charge is 0.481 e. The van der Waals surface area contributed by atoms with Crippen molar-refractivity contribution in [2.45, 2.75) is 52.1 Å². The van der Waals surface area contributed by atoms with Gasteiger partial charge in [-0.25, -0.2) is 0 Å². The van der Waals surface area contributed by atoms with Crippen molar-refractivity contribution >= 4 is 5.97 Å². The second-order valence-corrected chi connectivity index (χ2v) is 5.03. The van der Waals surface area contributed by atoms with Crippen LogP contribution in [0.15, 0.2) is 30.3 Å². The number of aliphatic carboxylic acids is 1. The van der Waals surface area contributed by atoms with Gasteiger partial charge in [0.2, 0.25) is 0 Å². The lowest BCUT2D eigenvalue weighted by molar-refractivity contribution is -0.138. The summed E-state index contributed by atoms with van der Waals surface area (Å²) < 4.78 is 0. The van der Waals surface area contributed by atoms with E-state index in [-0.39, 0.29) is 12.5 Å². The van der Waals surface area contributed by atoms with Crippen molar-refractivity contribution in [1.82, 2.24) is 4.90 Å². The summed E-state index contributed by atoms with van der Waals surface area (Å²) in [7, 11) is 0. The first kappa shape index (κ1) is 15.7. The molecule has 0 saturated carbocycles. The molecule has 1 aromatic rings. The molecule has 0 amide bonds. The molecule has 0 radical (unpaired) electrons. The van der Waals surface area contributed by atoms with Gasteiger partial charge >= 0.3 is 5.97 Å². The molecule has 1 N–H and O–H groups in total. The maximum absolute atomic E-state index is 10.9. The first-order chi connectivity index (χ1) is 9.08. The fourth-order valence-corrected chi connectivity index (χ4v) is 2.68. The first-order valence-electron chi connectivity index (χ1n) is 7.09. The fraction of sp³-hybridized carbons (Fsp3) is 0.562. The van der Waals surface area contributed by atoms with E-state index >= 15 is 0 Å². The number of benzene rings is 1. The quantitative estimate of drug-likeness (QED) is 0.783. The van der Waals surface area contributed by atoms with Crippen molar-refractivity contribution in [3.8, 4) is 0 Å². The third-order valence-electron chi connectivity index (χ3n) is 3.66. The average Bonchev–Trinajstić information content (AvgIpc) is 2.38. The topological polar surface area (TPSA) is 40.5 Å². The number of carbonyl (C=O) groups is 1. The lowest BCUT2D eigenvalue weighted by Gasteiger charge is -2.34. The predicted octanol–water partition coefficient (Wildman–Crippen LogP) is 3.19. The van der Waals surface area contributed by atoms with Crippen LogP contribution in [0.25, 0.3) is 0 Å². The van der Waals surface area contributed by atoms with Crippen molar-refractivity contribution in [3.05, 3.63) is 35.9 Å². The van der Waals surface area contributed by atoms with E-state index in [1.807, 2.05) is 13.0 Å². The van der Waals surface area contributed by atoms with Crippen molar-refractivity contribution in [1.29, 1.82) is 0 Å². The minimum Gasteiger partial charge on any atom is -0.481 e. The average molecular weight is 263 g/mol. The second kappa shape index (κ2) is 7.95. The van der Waals surface area contributed by atoms with Crippen LogP contribution >= 0.6 is 0 Å². The van der Waals surface area contributed by atoms with Crippen LogP contribution in [0, 0.1) is 0 Å². The Bertz CT molecular complexity index is 378. The van der Waals surface area contributed by atoms with E-state index in [9.17, 15) is 4.79 Å². The molecule has 0 aliphatic carbocycles. The van der Waals surface area contributed by atoms with Crippen LogP contribution in [0.3, 0.4) is 0 Å². The molecule has 3 heteroatoms. The minimum atomic E-state index is -0.722. The van der Waals surface area contributed by atoms with E-state index in [2.05, 4.69) is 43.0 Å². The van der Waals surface area contributed by atoms with Gasteiger partial charge in [0, 0.05) is 12.1 Å². The minimum absolute atomic E-state index is 0.0798. The highest BCUT2D eigenvalue weighted by Gasteiger charge is 2.22. The highest BCUT2D eigenvalue weighted by atomic mass is 16.4. The summed E-state index contributed by atoms with van der Waals surface area (Å²) in [5.74, 6) is -0.722. The standard InChI is InChI=1S/C16H25NO2/c1-4-15(12-14-9-7-6-8-10-14)17(5-2)13(3)11-16(18)19/h6-10,13,15H,4-5,11-12H2,1-3H3,(H,18,19). The molecule has 2 atom stereocenters. The molecule has 3 nitrogen and oxygen atoms in total. The van der Waals surface area contributed by atoms with Crippen LogP contribution in [0.5, 0.6) is 0 Å². The van der Waals surface area contributed by atoms with Crippen LogP contribution in [-0.4, -0.2) is 34.6 Å². The Morgan fingerprint density at radius 2 is 1.89 bits per heavy atom. The van der Waals surface area contributed by atoms with Gasteiger partial charge in [-0.2, -0.15) is 0 Å². The van der Waals surface area contributed by atoms with E-state index in [0.717, 1.165) is 19.4 Å². The second-order valence-electron chi connectivity index (χ2n) is 5.03. The molecule has 1 aromatic carbocycles. The van der Waals surface area contributed by atoms with E-state index in [1.165, 1.54) is 5.56 Å². The Kier molecular flexibility index (Phi) is 6.57. The van der Waals surface area contributed by atoms with Gasteiger partial charge < -0.3 is 5.11 Å². The summed E-state index contributed by atoms with van der Waals surface area (Å²) in [4.78, 5) is 13.2. The van der Waals surface area contributed by atoms with Crippen molar-refractivity contribution in [2.24, 2.45) is 0 Å². The van der Waals surface area contributed by atoms with Crippen molar-refractivity contribution < 1.29 is 9.90 Å². The normalized spacial score (nSPS) is 14.3. The Morgan fingerprint density at radius 3 is 2.37 bits per heavy atom. The summed E-state index contributed by atoms with van der Waals surface area (Å²) in [5.41, 5.74) is 1.32. The first-order valence-corrected chi connectivity index (χ1v) is 7.09. The summed E-state index contributed by atoms with van der Waals surface area (Å²) in [5, 5.41) is 8.95. The molecule has 0 heterocycles. The zero-order valence-corrected chi connectivity index (χ0v) is 12.2. The Hall–Kier alpha value is -1.35. The molecule has 0 spiro atoms. The van der Waals surface area contributed by atoms with Crippen molar-refractivity contribution in [2.75, 3.05) is 6.54 Å². The number of nitrogens with zero attached hydrogens (tertiary/aromatic N) is 1. The highest BCUT2D eigenvalue weighted by molar-refractivity contribution is 5.67. The molecule has 2 unspecified atom stereocenters. The zero-order valence-electron chi connectivity index (χ0n) is 12.2. The maximum Gasteiger partial charge on any atom is 0.304 e. The van der Waals surface area contributed by atoms with Gasteiger partial charge in [0.1, 0.15) is 0 Å². The van der Waals surface area contributed by atoms with Gasteiger partial charge in [0.05, 0.1) is 6.42 Å². The van der Waals surface area contributed by atoms with Gasteiger partial charge in [-0.15, -0.1) is 0 Å². The van der Waals surface area contributed by atoms with Crippen LogP contribution in [-0.2, 0) is 11.2 Å². The number of rotatable bonds is 8. The van der Waals surface area contributed by atoms with Gasteiger partial charge in [0.25, 0.3) is 0 Å². The third-order valence-corrected chi connectivity index (χ3v) is 3.66. The Morgan fingerprint density at radius 1 is 1.26 bits per heavy atom. The molecule has 106 valence electrons. The number of hydrogen-bond acceptors (Lipinski definition) is 2. The fourth-order valence-electron chi connectivity index (χ4n) is 2.68. The molecule has 0 saturated heterocycles. The Labute approximate surface area is 116 Å². The van der Waals surface area contributed by atoms with Crippen LogP contribution in [0.4, 0.5) is 0 Å². The van der Waals surface area contributed by atoms with Crippen LogP contribution in [0.1, 0.15) is 39.2 Å². The number of carboxylic acid groups (broad SMARTS) is 1. The smallest absolute Gasteiger partial charge is 0.304 e. The summed E-state index contributed by atoms with van der Waals surface area (Å²) in [6, 6.07) is 10.9. The molecule has 0 aliphatic heterocycles. The third kappa shape index (κ3) is 5.03. The molecule has 0 bridgehead atoms. The summed E-state index contributed by atoms with van der Waals surface area (Å²) in [6.07, 6.45) is 2.22. The predicted molar refractivity (Wildman–Crippen MR) is 78.3 cm³/mol. The van der Waals surface area contributed by atoms with E-state index in [0.29, 0.717) is 6.04 Å². The van der Waals surface area contributed by atoms with Gasteiger partial charge in [-0.3, -0.25) is 9.69 Å². The SMILES string of the molecule is CCC(Cc1ccccc1)N(CC)C(C)CC(=O)O. The zero-order chi connectivity index (χ0) is 14.3. The summed E-state index contributed by atoms with van der Waals surface area (Å²) in [6.45, 7) is 7.17.